The van der Waals surface area contributed by atoms with Crippen LogP contribution in [0.15, 0.2) is 96.1 Å². The first-order valence-electron chi connectivity index (χ1n) is 8.15. The van der Waals surface area contributed by atoms with Crippen molar-refractivity contribution in [2.45, 2.75) is 0 Å². The molecule has 3 aromatic carbocycles. The second kappa shape index (κ2) is 9.10. The molecule has 3 rings (SSSR count). The molecule has 0 spiro atoms. The molecular formula is C22H17IN2O. The van der Waals surface area contributed by atoms with Gasteiger partial charge in [0.1, 0.15) is 0 Å². The molecule has 0 heterocycles. The molecule has 1 N–H and O–H groups in total. The maximum Gasteiger partial charge on any atom is 0.272 e. The third-order valence-corrected chi connectivity index (χ3v) is 4.64. The van der Waals surface area contributed by atoms with Crippen LogP contribution in [0.2, 0.25) is 0 Å². The van der Waals surface area contributed by atoms with Gasteiger partial charge in [-0.05, 0) is 46.4 Å². The van der Waals surface area contributed by atoms with Crippen molar-refractivity contribution < 1.29 is 4.79 Å². The molecule has 0 fully saturated rings. The van der Waals surface area contributed by atoms with Crippen molar-refractivity contribution in [1.29, 1.82) is 0 Å². The monoisotopic (exact) mass is 452 g/mol. The molecule has 0 saturated carbocycles. The second-order valence-corrected chi connectivity index (χ2v) is 6.69. The van der Waals surface area contributed by atoms with Gasteiger partial charge in [-0.15, -0.1) is 0 Å². The van der Waals surface area contributed by atoms with Crippen molar-refractivity contribution in [3.63, 3.8) is 0 Å². The highest BCUT2D eigenvalue weighted by atomic mass is 127. The minimum Gasteiger partial charge on any atom is -0.267 e. The molecule has 1 amide bonds. The molecule has 128 valence electrons. The highest BCUT2D eigenvalue weighted by Gasteiger charge is 2.08. The number of rotatable bonds is 5. The van der Waals surface area contributed by atoms with Crippen molar-refractivity contribution in [2.75, 3.05) is 0 Å². The lowest BCUT2D eigenvalue weighted by molar-refractivity contribution is 0.0954. The molecule has 0 radical (unpaired) electrons. The van der Waals surface area contributed by atoms with Crippen molar-refractivity contribution in [2.24, 2.45) is 5.10 Å². The number of allylic oxidation sites excluding steroid dienone is 1. The van der Waals surface area contributed by atoms with E-state index in [9.17, 15) is 4.79 Å². The van der Waals surface area contributed by atoms with Crippen LogP contribution >= 0.6 is 22.6 Å². The van der Waals surface area contributed by atoms with Crippen molar-refractivity contribution in [1.82, 2.24) is 5.43 Å². The maximum atomic E-state index is 12.4. The Morgan fingerprint density at radius 1 is 0.846 bits per heavy atom. The van der Waals surface area contributed by atoms with Crippen LogP contribution in [-0.4, -0.2) is 11.6 Å². The number of hydrogen-bond acceptors (Lipinski definition) is 2. The quantitative estimate of drug-likeness (QED) is 0.325. The van der Waals surface area contributed by atoms with E-state index in [-0.39, 0.29) is 5.91 Å². The predicted molar refractivity (Wildman–Crippen MR) is 115 cm³/mol. The van der Waals surface area contributed by atoms with Crippen LogP contribution in [0.25, 0.3) is 6.08 Å². The Labute approximate surface area is 166 Å². The molecule has 0 aliphatic carbocycles. The van der Waals surface area contributed by atoms with Crippen molar-refractivity contribution >= 4 is 40.3 Å². The number of carbonyl (C=O) groups excluding carboxylic acids is 1. The first-order valence-corrected chi connectivity index (χ1v) is 9.23. The lowest BCUT2D eigenvalue weighted by atomic mass is 10.1. The molecule has 4 heteroatoms. The van der Waals surface area contributed by atoms with Crippen LogP contribution in [0.1, 0.15) is 21.5 Å². The Bertz CT molecular complexity index is 935. The van der Waals surface area contributed by atoms with Gasteiger partial charge in [-0.1, -0.05) is 78.9 Å². The van der Waals surface area contributed by atoms with Crippen LogP contribution in [0.4, 0.5) is 0 Å². The predicted octanol–water partition coefficient (Wildman–Crippen LogP) is 5.14. The molecule has 0 atom stereocenters. The molecule has 0 unspecified atom stereocenters. The van der Waals surface area contributed by atoms with E-state index < -0.39 is 0 Å². The summed E-state index contributed by atoms with van der Waals surface area (Å²) in [5.74, 6) is -0.225. The van der Waals surface area contributed by atoms with E-state index in [4.69, 9.17) is 0 Å². The summed E-state index contributed by atoms with van der Waals surface area (Å²) in [6.45, 7) is 0. The van der Waals surface area contributed by atoms with E-state index in [1.54, 1.807) is 6.07 Å². The number of carbonyl (C=O) groups is 1. The van der Waals surface area contributed by atoms with Crippen LogP contribution in [-0.2, 0) is 0 Å². The summed E-state index contributed by atoms with van der Waals surface area (Å²) < 4.78 is 0.888. The van der Waals surface area contributed by atoms with Gasteiger partial charge in [0, 0.05) is 9.13 Å². The number of hydrogen-bond donors (Lipinski definition) is 1. The standard InChI is InChI=1S/C22H17IN2O/c23-20-14-8-7-13-19(20)22(26)25-24-21(18-11-5-2-6-12-18)16-15-17-9-3-1-4-10-17/h1-16H,(H,25,26)/b16-15+,24-21+. The number of amides is 1. The molecule has 3 nitrogen and oxygen atoms in total. The lowest BCUT2D eigenvalue weighted by Crippen LogP contribution is -2.20. The Morgan fingerprint density at radius 3 is 2.15 bits per heavy atom. The van der Waals surface area contributed by atoms with E-state index in [0.717, 1.165) is 14.7 Å². The molecule has 26 heavy (non-hydrogen) atoms. The fourth-order valence-electron chi connectivity index (χ4n) is 2.36. The molecule has 0 aromatic heterocycles. The summed E-state index contributed by atoms with van der Waals surface area (Å²) in [5, 5.41) is 4.35. The highest BCUT2D eigenvalue weighted by molar-refractivity contribution is 14.1. The fourth-order valence-corrected chi connectivity index (χ4v) is 3.00. The minimum atomic E-state index is -0.225. The smallest absolute Gasteiger partial charge is 0.267 e. The van der Waals surface area contributed by atoms with Gasteiger partial charge < -0.3 is 0 Å². The van der Waals surface area contributed by atoms with Gasteiger partial charge in [0.25, 0.3) is 5.91 Å². The van der Waals surface area contributed by atoms with Crippen LogP contribution in [0.5, 0.6) is 0 Å². The first kappa shape index (κ1) is 18.1. The van der Waals surface area contributed by atoms with Gasteiger partial charge in [0.2, 0.25) is 0 Å². The highest BCUT2D eigenvalue weighted by Crippen LogP contribution is 2.11. The zero-order valence-electron chi connectivity index (χ0n) is 14.0. The number of benzene rings is 3. The van der Waals surface area contributed by atoms with Gasteiger partial charge in [0.15, 0.2) is 0 Å². The largest absolute Gasteiger partial charge is 0.272 e. The Balaban J connectivity index is 1.86. The fraction of sp³-hybridized carbons (Fsp3) is 0. The number of hydrazone groups is 1. The van der Waals surface area contributed by atoms with Crippen LogP contribution in [0.3, 0.4) is 0 Å². The zero-order chi connectivity index (χ0) is 18.2. The number of halogens is 1. The summed E-state index contributed by atoms with van der Waals surface area (Å²) in [7, 11) is 0. The van der Waals surface area contributed by atoms with Gasteiger partial charge in [-0.25, -0.2) is 5.43 Å². The molecular weight excluding hydrogens is 435 g/mol. The van der Waals surface area contributed by atoms with Gasteiger partial charge in [-0.2, -0.15) is 5.10 Å². The Hall–Kier alpha value is -2.73. The summed E-state index contributed by atoms with van der Waals surface area (Å²) in [4.78, 5) is 12.4. The topological polar surface area (TPSA) is 41.5 Å². The minimum absolute atomic E-state index is 0.225. The van der Waals surface area contributed by atoms with Gasteiger partial charge in [-0.3, -0.25) is 4.79 Å². The van der Waals surface area contributed by atoms with E-state index >= 15 is 0 Å². The average molecular weight is 452 g/mol. The Morgan fingerprint density at radius 2 is 1.46 bits per heavy atom. The third kappa shape index (κ3) is 4.89. The van der Waals surface area contributed by atoms with E-state index in [2.05, 4.69) is 33.1 Å². The molecule has 0 aliphatic rings. The summed E-state index contributed by atoms with van der Waals surface area (Å²) in [6, 6.07) is 27.2. The SMILES string of the molecule is O=C(N/N=C(\C=C\c1ccccc1)c1ccccc1)c1ccccc1I. The van der Waals surface area contributed by atoms with Gasteiger partial charge in [0.05, 0.1) is 11.3 Å². The molecule has 0 aliphatic heterocycles. The van der Waals surface area contributed by atoms with E-state index in [1.165, 1.54) is 0 Å². The van der Waals surface area contributed by atoms with E-state index in [0.29, 0.717) is 11.3 Å². The van der Waals surface area contributed by atoms with Crippen LogP contribution < -0.4 is 5.43 Å². The summed E-state index contributed by atoms with van der Waals surface area (Å²) >= 11 is 2.15. The molecule has 0 saturated heterocycles. The third-order valence-electron chi connectivity index (χ3n) is 3.70. The van der Waals surface area contributed by atoms with Crippen molar-refractivity contribution in [3.8, 4) is 0 Å². The molecule has 3 aromatic rings. The summed E-state index contributed by atoms with van der Waals surface area (Å²) in [5.41, 5.74) is 5.97. The van der Waals surface area contributed by atoms with E-state index in [1.807, 2.05) is 91.0 Å². The lowest BCUT2D eigenvalue weighted by Gasteiger charge is -2.05. The Kier molecular flexibility index (Phi) is 6.33. The number of nitrogens with zero attached hydrogens (tertiary/aromatic N) is 1. The zero-order valence-corrected chi connectivity index (χ0v) is 16.1. The summed E-state index contributed by atoms with van der Waals surface area (Å²) in [6.07, 6.45) is 3.88. The van der Waals surface area contributed by atoms with Gasteiger partial charge >= 0.3 is 0 Å². The number of nitrogens with one attached hydrogen (secondary N) is 1. The second-order valence-electron chi connectivity index (χ2n) is 5.53. The van der Waals surface area contributed by atoms with Crippen molar-refractivity contribution in [3.05, 3.63) is 111 Å². The maximum absolute atomic E-state index is 12.4. The molecule has 0 bridgehead atoms. The average Bonchev–Trinajstić information content (AvgIpc) is 2.69. The van der Waals surface area contributed by atoms with Crippen LogP contribution in [0, 0.1) is 3.57 Å². The first-order chi connectivity index (χ1) is 12.7. The normalized spacial score (nSPS) is 11.5.